The SMILES string of the molecule is CCN(Cc1cccc(F)c1)C(=O)Nc1ccc(OC(F)F)cc1. The first kappa shape index (κ1) is 17.7. The molecule has 0 bridgehead atoms. The monoisotopic (exact) mass is 338 g/mol. The number of nitrogens with zero attached hydrogens (tertiary/aromatic N) is 1. The van der Waals surface area contributed by atoms with Crippen LogP contribution in [-0.4, -0.2) is 24.1 Å². The predicted octanol–water partition coefficient (Wildman–Crippen LogP) is 4.48. The molecule has 2 aromatic carbocycles. The normalized spacial score (nSPS) is 10.5. The highest BCUT2D eigenvalue weighted by Crippen LogP contribution is 2.18. The zero-order valence-corrected chi connectivity index (χ0v) is 13.0. The maximum absolute atomic E-state index is 13.2. The fraction of sp³-hybridized carbons (Fsp3) is 0.235. The summed E-state index contributed by atoms with van der Waals surface area (Å²) < 4.78 is 41.6. The van der Waals surface area contributed by atoms with E-state index in [-0.39, 0.29) is 24.1 Å². The first-order chi connectivity index (χ1) is 11.5. The van der Waals surface area contributed by atoms with Crippen molar-refractivity contribution in [2.75, 3.05) is 11.9 Å². The van der Waals surface area contributed by atoms with Gasteiger partial charge in [0, 0.05) is 18.8 Å². The van der Waals surface area contributed by atoms with E-state index in [2.05, 4.69) is 10.1 Å². The van der Waals surface area contributed by atoms with E-state index >= 15 is 0 Å². The third kappa shape index (κ3) is 5.19. The van der Waals surface area contributed by atoms with Crippen LogP contribution in [0.2, 0.25) is 0 Å². The fourth-order valence-corrected chi connectivity index (χ4v) is 2.11. The number of alkyl halides is 2. The summed E-state index contributed by atoms with van der Waals surface area (Å²) >= 11 is 0. The molecular weight excluding hydrogens is 321 g/mol. The standard InChI is InChI=1S/C17H17F3N2O2/c1-2-22(11-12-4-3-5-13(18)10-12)17(23)21-14-6-8-15(9-7-14)24-16(19)20/h3-10,16H,2,11H2,1H3,(H,21,23). The van der Waals surface area contributed by atoms with Gasteiger partial charge in [0.2, 0.25) is 0 Å². The lowest BCUT2D eigenvalue weighted by Gasteiger charge is -2.21. The lowest BCUT2D eigenvalue weighted by molar-refractivity contribution is -0.0498. The van der Waals surface area contributed by atoms with Gasteiger partial charge in [-0.2, -0.15) is 8.78 Å². The van der Waals surface area contributed by atoms with Gasteiger partial charge in [0.1, 0.15) is 11.6 Å². The lowest BCUT2D eigenvalue weighted by atomic mass is 10.2. The van der Waals surface area contributed by atoms with E-state index in [1.165, 1.54) is 41.3 Å². The molecule has 0 aliphatic heterocycles. The second kappa shape index (κ2) is 8.24. The Morgan fingerprint density at radius 1 is 1.21 bits per heavy atom. The van der Waals surface area contributed by atoms with Crippen molar-refractivity contribution in [3.8, 4) is 5.75 Å². The average molecular weight is 338 g/mol. The van der Waals surface area contributed by atoms with Gasteiger partial charge < -0.3 is 15.0 Å². The second-order valence-electron chi connectivity index (χ2n) is 4.98. The van der Waals surface area contributed by atoms with Crippen LogP contribution in [0.5, 0.6) is 5.75 Å². The summed E-state index contributed by atoms with van der Waals surface area (Å²) in [6.07, 6.45) is 0. The van der Waals surface area contributed by atoms with Gasteiger partial charge in [-0.05, 0) is 48.9 Å². The largest absolute Gasteiger partial charge is 0.435 e. The molecule has 2 amide bonds. The first-order valence-electron chi connectivity index (χ1n) is 7.33. The van der Waals surface area contributed by atoms with Gasteiger partial charge in [-0.25, -0.2) is 9.18 Å². The molecule has 24 heavy (non-hydrogen) atoms. The van der Waals surface area contributed by atoms with E-state index in [0.29, 0.717) is 17.8 Å². The van der Waals surface area contributed by atoms with Crippen molar-refractivity contribution in [2.45, 2.75) is 20.1 Å². The highest BCUT2D eigenvalue weighted by atomic mass is 19.3. The molecule has 0 aliphatic carbocycles. The number of amides is 2. The molecule has 0 atom stereocenters. The maximum Gasteiger partial charge on any atom is 0.387 e. The van der Waals surface area contributed by atoms with Crippen molar-refractivity contribution >= 4 is 11.7 Å². The fourth-order valence-electron chi connectivity index (χ4n) is 2.11. The smallest absolute Gasteiger partial charge is 0.387 e. The number of nitrogens with one attached hydrogen (secondary N) is 1. The van der Waals surface area contributed by atoms with Gasteiger partial charge in [0.25, 0.3) is 0 Å². The van der Waals surface area contributed by atoms with Crippen molar-refractivity contribution in [3.63, 3.8) is 0 Å². The number of urea groups is 1. The minimum atomic E-state index is -2.90. The van der Waals surface area contributed by atoms with Crippen LogP contribution in [0.25, 0.3) is 0 Å². The quantitative estimate of drug-likeness (QED) is 0.844. The Labute approximate surface area is 137 Å². The minimum absolute atomic E-state index is 0.00936. The number of hydrogen-bond acceptors (Lipinski definition) is 2. The zero-order valence-electron chi connectivity index (χ0n) is 13.0. The lowest BCUT2D eigenvalue weighted by Crippen LogP contribution is -2.34. The van der Waals surface area contributed by atoms with Crippen LogP contribution in [0.4, 0.5) is 23.7 Å². The van der Waals surface area contributed by atoms with Crippen LogP contribution in [0.1, 0.15) is 12.5 Å². The van der Waals surface area contributed by atoms with Gasteiger partial charge in [0.15, 0.2) is 0 Å². The van der Waals surface area contributed by atoms with E-state index in [0.717, 1.165) is 0 Å². The molecule has 0 aromatic heterocycles. The number of carbonyl (C=O) groups excluding carboxylic acids is 1. The number of hydrogen-bond donors (Lipinski definition) is 1. The van der Waals surface area contributed by atoms with Crippen LogP contribution >= 0.6 is 0 Å². The third-order valence-electron chi connectivity index (χ3n) is 3.26. The second-order valence-corrected chi connectivity index (χ2v) is 4.98. The van der Waals surface area contributed by atoms with Crippen LogP contribution < -0.4 is 10.1 Å². The molecule has 0 saturated carbocycles. The first-order valence-corrected chi connectivity index (χ1v) is 7.33. The number of anilines is 1. The molecule has 0 spiro atoms. The van der Waals surface area contributed by atoms with Crippen molar-refractivity contribution in [1.82, 2.24) is 4.90 Å². The van der Waals surface area contributed by atoms with Gasteiger partial charge in [0.05, 0.1) is 0 Å². The Hall–Kier alpha value is -2.70. The molecule has 4 nitrogen and oxygen atoms in total. The zero-order chi connectivity index (χ0) is 17.5. The van der Waals surface area contributed by atoms with Gasteiger partial charge in [-0.15, -0.1) is 0 Å². The molecule has 0 fully saturated rings. The molecule has 7 heteroatoms. The average Bonchev–Trinajstić information content (AvgIpc) is 2.54. The number of ether oxygens (including phenoxy) is 1. The molecular formula is C17H17F3N2O2. The minimum Gasteiger partial charge on any atom is -0.435 e. The van der Waals surface area contributed by atoms with Gasteiger partial charge in [-0.1, -0.05) is 12.1 Å². The summed E-state index contributed by atoms with van der Waals surface area (Å²) in [6, 6.07) is 11.2. The molecule has 0 aliphatic rings. The van der Waals surface area contributed by atoms with E-state index < -0.39 is 6.61 Å². The summed E-state index contributed by atoms with van der Waals surface area (Å²) in [5.74, 6) is -0.353. The molecule has 0 heterocycles. The Balaban J connectivity index is 1.98. The summed E-state index contributed by atoms with van der Waals surface area (Å²) in [4.78, 5) is 13.8. The number of carbonyl (C=O) groups is 1. The highest BCUT2D eigenvalue weighted by Gasteiger charge is 2.13. The third-order valence-corrected chi connectivity index (χ3v) is 3.26. The molecule has 0 saturated heterocycles. The van der Waals surface area contributed by atoms with E-state index in [9.17, 15) is 18.0 Å². The van der Waals surface area contributed by atoms with Gasteiger partial charge in [-0.3, -0.25) is 0 Å². The molecule has 2 aromatic rings. The number of halogens is 3. The van der Waals surface area contributed by atoms with Crippen molar-refractivity contribution < 1.29 is 22.7 Å². The van der Waals surface area contributed by atoms with Crippen LogP contribution in [0.3, 0.4) is 0 Å². The van der Waals surface area contributed by atoms with E-state index in [1.807, 2.05) is 0 Å². The molecule has 128 valence electrons. The topological polar surface area (TPSA) is 41.6 Å². The Morgan fingerprint density at radius 2 is 1.92 bits per heavy atom. The van der Waals surface area contributed by atoms with Crippen LogP contribution in [-0.2, 0) is 6.54 Å². The van der Waals surface area contributed by atoms with E-state index in [1.54, 1.807) is 19.1 Å². The summed E-state index contributed by atoms with van der Waals surface area (Å²) in [7, 11) is 0. The molecule has 0 radical (unpaired) electrons. The molecule has 0 unspecified atom stereocenters. The Kier molecular flexibility index (Phi) is 6.06. The predicted molar refractivity (Wildman–Crippen MR) is 84.6 cm³/mol. The van der Waals surface area contributed by atoms with Crippen molar-refractivity contribution in [3.05, 3.63) is 59.9 Å². The van der Waals surface area contributed by atoms with Crippen LogP contribution in [0, 0.1) is 5.82 Å². The number of rotatable bonds is 6. The number of benzene rings is 2. The Bertz CT molecular complexity index is 678. The highest BCUT2D eigenvalue weighted by molar-refractivity contribution is 5.89. The summed E-state index contributed by atoms with van der Waals surface area (Å²) in [5, 5.41) is 2.66. The summed E-state index contributed by atoms with van der Waals surface area (Å²) in [5.41, 5.74) is 1.12. The van der Waals surface area contributed by atoms with Crippen molar-refractivity contribution in [1.29, 1.82) is 0 Å². The molecule has 1 N–H and O–H groups in total. The van der Waals surface area contributed by atoms with E-state index in [4.69, 9.17) is 0 Å². The van der Waals surface area contributed by atoms with Crippen molar-refractivity contribution in [2.24, 2.45) is 0 Å². The van der Waals surface area contributed by atoms with Gasteiger partial charge >= 0.3 is 12.6 Å². The maximum atomic E-state index is 13.2. The van der Waals surface area contributed by atoms with Crippen LogP contribution in [0.15, 0.2) is 48.5 Å². The summed E-state index contributed by atoms with van der Waals surface area (Å²) in [6.45, 7) is -0.410. The molecule has 2 rings (SSSR count). The Morgan fingerprint density at radius 3 is 2.50 bits per heavy atom.